The molecule has 0 unspecified atom stereocenters. The number of benzene rings is 1. The minimum atomic E-state index is -0.536. The summed E-state index contributed by atoms with van der Waals surface area (Å²) in [5.41, 5.74) is 3.59. The molecule has 6 nitrogen and oxygen atoms in total. The van der Waals surface area contributed by atoms with E-state index in [1.807, 2.05) is 12.1 Å². The zero-order chi connectivity index (χ0) is 20.2. The fourth-order valence-electron chi connectivity index (χ4n) is 4.92. The minimum Gasteiger partial charge on any atom is -0.394 e. The first-order chi connectivity index (χ1) is 14.2. The zero-order valence-corrected chi connectivity index (χ0v) is 16.8. The average Bonchev–Trinajstić information content (AvgIpc) is 2.75. The lowest BCUT2D eigenvalue weighted by molar-refractivity contribution is -0.149. The van der Waals surface area contributed by atoms with Gasteiger partial charge in [-0.3, -0.25) is 9.69 Å². The molecule has 2 fully saturated rings. The molecule has 29 heavy (non-hydrogen) atoms. The Morgan fingerprint density at radius 1 is 1.24 bits per heavy atom. The van der Waals surface area contributed by atoms with Crippen molar-refractivity contribution in [3.63, 3.8) is 0 Å². The summed E-state index contributed by atoms with van der Waals surface area (Å²) in [7, 11) is 0. The first-order valence-corrected chi connectivity index (χ1v) is 10.6. The molecule has 3 atom stereocenters. The first kappa shape index (κ1) is 20.1. The van der Waals surface area contributed by atoms with Gasteiger partial charge in [-0.1, -0.05) is 30.3 Å². The van der Waals surface area contributed by atoms with Crippen LogP contribution in [0.5, 0.6) is 0 Å². The normalized spacial score (nSPS) is 27.7. The maximum atomic E-state index is 13.0. The zero-order valence-electron chi connectivity index (χ0n) is 16.8. The Morgan fingerprint density at radius 2 is 2.03 bits per heavy atom. The van der Waals surface area contributed by atoms with Gasteiger partial charge in [0.15, 0.2) is 0 Å². The van der Waals surface area contributed by atoms with Crippen LogP contribution in [0.1, 0.15) is 42.7 Å². The number of aliphatic hydroxyl groups is 1. The van der Waals surface area contributed by atoms with Crippen LogP contribution in [0.25, 0.3) is 5.57 Å². The molecule has 2 aliphatic heterocycles. The smallest absolute Gasteiger partial charge is 0.238 e. The molecule has 2 heterocycles. The minimum absolute atomic E-state index is 0.0805. The predicted octanol–water partition coefficient (Wildman–Crippen LogP) is 2.16. The Kier molecular flexibility index (Phi) is 6.29. The van der Waals surface area contributed by atoms with Crippen LogP contribution in [0.2, 0.25) is 0 Å². The second kappa shape index (κ2) is 9.08. The molecule has 1 N–H and O–H groups in total. The van der Waals surface area contributed by atoms with Gasteiger partial charge in [-0.25, -0.2) is 0 Å². The summed E-state index contributed by atoms with van der Waals surface area (Å²) in [6.45, 7) is 2.84. The Labute approximate surface area is 172 Å². The van der Waals surface area contributed by atoms with Crippen molar-refractivity contribution in [1.82, 2.24) is 9.80 Å². The highest BCUT2D eigenvalue weighted by Crippen LogP contribution is 2.44. The van der Waals surface area contributed by atoms with Gasteiger partial charge in [0.1, 0.15) is 6.04 Å². The topological polar surface area (TPSA) is 76.8 Å². The Hall–Kier alpha value is -2.20. The van der Waals surface area contributed by atoms with Crippen LogP contribution in [0.4, 0.5) is 0 Å². The molecule has 1 aromatic carbocycles. The van der Waals surface area contributed by atoms with Crippen molar-refractivity contribution in [2.75, 3.05) is 39.5 Å². The van der Waals surface area contributed by atoms with Gasteiger partial charge in [0.05, 0.1) is 38.5 Å². The third kappa shape index (κ3) is 3.95. The predicted molar refractivity (Wildman–Crippen MR) is 110 cm³/mol. The SMILES string of the molecule is N#C[C@@H]1[C@H](c2ccccc2C2=CCCCC2)[C@@H](CO)N1C(=O)CN1CCOCC1. The summed E-state index contributed by atoms with van der Waals surface area (Å²) >= 11 is 0. The van der Waals surface area contributed by atoms with Crippen LogP contribution in [0.3, 0.4) is 0 Å². The maximum Gasteiger partial charge on any atom is 0.238 e. The summed E-state index contributed by atoms with van der Waals surface area (Å²) < 4.78 is 5.35. The van der Waals surface area contributed by atoms with Crippen LogP contribution >= 0.6 is 0 Å². The van der Waals surface area contributed by atoms with E-state index in [-0.39, 0.29) is 31.0 Å². The first-order valence-electron chi connectivity index (χ1n) is 10.6. The van der Waals surface area contributed by atoms with E-state index in [0.29, 0.717) is 13.2 Å². The summed E-state index contributed by atoms with van der Waals surface area (Å²) in [6.07, 6.45) is 6.84. The number of rotatable bonds is 5. The van der Waals surface area contributed by atoms with Gasteiger partial charge in [0.2, 0.25) is 5.91 Å². The van der Waals surface area contributed by atoms with Crippen LogP contribution in [0, 0.1) is 11.3 Å². The van der Waals surface area contributed by atoms with Gasteiger partial charge in [-0.05, 0) is 42.4 Å². The van der Waals surface area contributed by atoms with Gasteiger partial charge in [0, 0.05) is 19.0 Å². The van der Waals surface area contributed by atoms with E-state index in [2.05, 4.69) is 29.2 Å². The van der Waals surface area contributed by atoms with Crippen molar-refractivity contribution < 1.29 is 14.6 Å². The number of amides is 1. The van der Waals surface area contributed by atoms with E-state index in [9.17, 15) is 15.2 Å². The molecule has 2 saturated heterocycles. The molecule has 154 valence electrons. The molecular weight excluding hydrogens is 366 g/mol. The maximum absolute atomic E-state index is 13.0. The fourth-order valence-corrected chi connectivity index (χ4v) is 4.92. The second-order valence-corrected chi connectivity index (χ2v) is 8.10. The number of morpholine rings is 1. The van der Waals surface area contributed by atoms with Gasteiger partial charge < -0.3 is 14.7 Å². The molecule has 6 heteroatoms. The summed E-state index contributed by atoms with van der Waals surface area (Å²) in [6, 6.07) is 9.66. The molecule has 1 aliphatic carbocycles. The van der Waals surface area contributed by atoms with E-state index in [0.717, 1.165) is 31.5 Å². The van der Waals surface area contributed by atoms with Crippen LogP contribution in [-0.4, -0.2) is 72.4 Å². The molecule has 0 radical (unpaired) electrons. The van der Waals surface area contributed by atoms with Crippen LogP contribution < -0.4 is 0 Å². The number of allylic oxidation sites excluding steroid dienone is 2. The Bertz CT molecular complexity index is 810. The highest BCUT2D eigenvalue weighted by Gasteiger charge is 2.52. The summed E-state index contributed by atoms with van der Waals surface area (Å²) in [4.78, 5) is 16.6. The number of aliphatic hydroxyl groups excluding tert-OH is 1. The number of hydrogen-bond donors (Lipinski definition) is 1. The van der Waals surface area contributed by atoms with Crippen molar-refractivity contribution >= 4 is 11.5 Å². The summed E-state index contributed by atoms with van der Waals surface area (Å²) in [5.74, 6) is -0.235. The number of nitrogens with zero attached hydrogens (tertiary/aromatic N) is 3. The number of nitriles is 1. The van der Waals surface area contributed by atoms with Gasteiger partial charge in [-0.15, -0.1) is 0 Å². The van der Waals surface area contributed by atoms with Crippen molar-refractivity contribution in [3.05, 3.63) is 41.5 Å². The van der Waals surface area contributed by atoms with E-state index in [4.69, 9.17) is 4.74 Å². The number of carbonyl (C=O) groups is 1. The van der Waals surface area contributed by atoms with Crippen molar-refractivity contribution in [2.45, 2.75) is 43.7 Å². The van der Waals surface area contributed by atoms with Crippen molar-refractivity contribution in [1.29, 1.82) is 5.26 Å². The standard InChI is InChI=1S/C23H29N3O3/c24-14-20-23(19-9-5-4-8-18(19)17-6-2-1-3-7-17)21(16-27)26(20)22(28)15-25-10-12-29-13-11-25/h4-6,8-9,20-21,23,27H,1-3,7,10-13,15-16H2/t20-,21-,23+/m1/s1. The van der Waals surface area contributed by atoms with E-state index in [1.54, 1.807) is 4.90 Å². The molecule has 0 bridgehead atoms. The summed E-state index contributed by atoms with van der Waals surface area (Å²) in [5, 5.41) is 20.0. The molecule has 1 aromatic rings. The van der Waals surface area contributed by atoms with Crippen molar-refractivity contribution in [3.8, 4) is 6.07 Å². The largest absolute Gasteiger partial charge is 0.394 e. The molecule has 0 spiro atoms. The highest BCUT2D eigenvalue weighted by atomic mass is 16.5. The third-order valence-corrected chi connectivity index (χ3v) is 6.44. The monoisotopic (exact) mass is 395 g/mol. The second-order valence-electron chi connectivity index (χ2n) is 8.10. The fraction of sp³-hybridized carbons (Fsp3) is 0.565. The molecule has 4 rings (SSSR count). The Balaban J connectivity index is 1.57. The lowest BCUT2D eigenvalue weighted by Gasteiger charge is -2.52. The van der Waals surface area contributed by atoms with E-state index in [1.165, 1.54) is 24.0 Å². The third-order valence-electron chi connectivity index (χ3n) is 6.44. The highest BCUT2D eigenvalue weighted by molar-refractivity contribution is 5.81. The number of ether oxygens (including phenoxy) is 1. The van der Waals surface area contributed by atoms with Gasteiger partial charge in [0.25, 0.3) is 0 Å². The van der Waals surface area contributed by atoms with Crippen LogP contribution in [0.15, 0.2) is 30.3 Å². The average molecular weight is 396 g/mol. The molecule has 3 aliphatic rings. The lowest BCUT2D eigenvalue weighted by atomic mass is 9.72. The number of carbonyl (C=O) groups excluding carboxylic acids is 1. The van der Waals surface area contributed by atoms with Gasteiger partial charge in [-0.2, -0.15) is 5.26 Å². The Morgan fingerprint density at radius 3 is 2.72 bits per heavy atom. The molecule has 0 saturated carbocycles. The molecule has 1 amide bonds. The lowest BCUT2D eigenvalue weighted by Crippen LogP contribution is -2.66. The number of likely N-dealkylation sites (tertiary alicyclic amines) is 1. The van der Waals surface area contributed by atoms with E-state index < -0.39 is 6.04 Å². The molecular formula is C23H29N3O3. The van der Waals surface area contributed by atoms with Gasteiger partial charge >= 0.3 is 0 Å². The molecule has 0 aromatic heterocycles. The van der Waals surface area contributed by atoms with Crippen LogP contribution in [-0.2, 0) is 9.53 Å². The van der Waals surface area contributed by atoms with E-state index >= 15 is 0 Å². The quantitative estimate of drug-likeness (QED) is 0.827. The number of hydrogen-bond acceptors (Lipinski definition) is 5. The van der Waals surface area contributed by atoms with Crippen molar-refractivity contribution in [2.24, 2.45) is 0 Å².